The Hall–Kier alpha value is -2.55. The number of H-pyrrole nitrogens is 1. The maximum atomic E-state index is 10.3. The van der Waals surface area contributed by atoms with Crippen molar-refractivity contribution in [2.24, 2.45) is 0 Å². The van der Waals surface area contributed by atoms with Gasteiger partial charge < -0.3 is 10.1 Å². The number of benzene rings is 1. The maximum Gasteiger partial charge on any atom is 0.335 e. The fourth-order valence-electron chi connectivity index (χ4n) is 1.90. The minimum Gasteiger partial charge on any atom is -0.478 e. The number of aryl methyl sites for hydroxylation is 2. The maximum absolute atomic E-state index is 10.3. The van der Waals surface area contributed by atoms with Gasteiger partial charge in [-0.1, -0.05) is 45.1 Å². The Labute approximate surface area is 151 Å². The van der Waals surface area contributed by atoms with E-state index in [4.69, 9.17) is 5.11 Å². The summed E-state index contributed by atoms with van der Waals surface area (Å²) in [5.74, 6) is -1.02. The van der Waals surface area contributed by atoms with E-state index in [1.54, 1.807) is 6.08 Å². The van der Waals surface area contributed by atoms with Crippen LogP contribution in [0.3, 0.4) is 0 Å². The number of hydrogen-bond donors (Lipinski definition) is 2. The summed E-state index contributed by atoms with van der Waals surface area (Å²) in [5, 5.41) is 9.77. The van der Waals surface area contributed by atoms with Gasteiger partial charge in [-0.25, -0.2) is 4.79 Å². The number of carbonyl (C=O) groups is 1. The molecule has 0 radical (unpaired) electrons. The van der Waals surface area contributed by atoms with Gasteiger partial charge in [-0.2, -0.15) is 0 Å². The molecule has 0 unspecified atom stereocenters. The first kappa shape index (κ1) is 22.4. The van der Waals surface area contributed by atoms with Crippen molar-refractivity contribution in [2.45, 2.75) is 48.0 Å². The fraction of sp³-hybridized carbons (Fsp3) is 0.318. The van der Waals surface area contributed by atoms with E-state index < -0.39 is 5.97 Å². The van der Waals surface area contributed by atoms with E-state index in [2.05, 4.69) is 64.0 Å². The minimum absolute atomic E-state index is 0.0474. The van der Waals surface area contributed by atoms with E-state index in [-0.39, 0.29) is 5.57 Å². The molecule has 2 aromatic rings. The highest BCUT2D eigenvalue weighted by atomic mass is 16.4. The van der Waals surface area contributed by atoms with Crippen LogP contribution < -0.4 is 0 Å². The second-order valence-corrected chi connectivity index (χ2v) is 6.24. The van der Waals surface area contributed by atoms with Crippen LogP contribution in [0.15, 0.2) is 60.3 Å². The summed E-state index contributed by atoms with van der Waals surface area (Å²) in [6.45, 7) is 19.2. The number of hydrogen-bond acceptors (Lipinski definition) is 1. The number of carboxylic acids is 1. The van der Waals surface area contributed by atoms with Crippen LogP contribution in [0.1, 0.15) is 45.2 Å². The van der Waals surface area contributed by atoms with Crippen LogP contribution in [-0.4, -0.2) is 16.1 Å². The van der Waals surface area contributed by atoms with Crippen LogP contribution in [0.25, 0.3) is 10.9 Å². The Kier molecular flexibility index (Phi) is 9.95. The molecular formula is C22H31NO2. The minimum atomic E-state index is -1.02. The van der Waals surface area contributed by atoms with E-state index in [1.807, 2.05) is 20.0 Å². The zero-order valence-electron chi connectivity index (χ0n) is 16.4. The molecule has 0 bridgehead atoms. The predicted molar refractivity (Wildman–Crippen MR) is 109 cm³/mol. The molecule has 0 saturated heterocycles. The predicted octanol–water partition coefficient (Wildman–Crippen LogP) is 6.35. The number of aromatic nitrogens is 1. The molecule has 0 aliphatic heterocycles. The molecule has 2 rings (SSSR count). The molecule has 0 spiro atoms. The lowest BCUT2D eigenvalue weighted by molar-refractivity contribution is -0.132. The summed E-state index contributed by atoms with van der Waals surface area (Å²) < 4.78 is 0. The monoisotopic (exact) mass is 341 g/mol. The van der Waals surface area contributed by atoms with Crippen LogP contribution in [-0.2, 0) is 4.79 Å². The number of allylic oxidation sites excluding steroid dienone is 2. The molecule has 136 valence electrons. The second kappa shape index (κ2) is 11.1. The van der Waals surface area contributed by atoms with Crippen molar-refractivity contribution in [1.82, 2.24) is 4.98 Å². The van der Waals surface area contributed by atoms with Crippen LogP contribution in [0.5, 0.6) is 0 Å². The number of nitrogens with one attached hydrogen (secondary N) is 1. The summed E-state index contributed by atoms with van der Waals surface area (Å²) in [5.41, 5.74) is 5.45. The Bertz CT molecular complexity index is 723. The van der Waals surface area contributed by atoms with E-state index in [0.29, 0.717) is 5.57 Å². The van der Waals surface area contributed by atoms with Crippen molar-refractivity contribution in [3.8, 4) is 0 Å². The van der Waals surface area contributed by atoms with Gasteiger partial charge >= 0.3 is 5.97 Å². The molecule has 0 amide bonds. The Morgan fingerprint density at radius 1 is 1.16 bits per heavy atom. The first-order valence-electron chi connectivity index (χ1n) is 8.44. The molecule has 0 saturated carbocycles. The largest absolute Gasteiger partial charge is 0.478 e. The number of carboxylic acid groups (broad SMARTS) is 1. The number of fused-ring (bicyclic) bond motifs is 1. The topological polar surface area (TPSA) is 53.1 Å². The lowest BCUT2D eigenvalue weighted by Crippen LogP contribution is -1.99. The molecule has 25 heavy (non-hydrogen) atoms. The van der Waals surface area contributed by atoms with E-state index >= 15 is 0 Å². The van der Waals surface area contributed by atoms with Crippen LogP contribution in [0.2, 0.25) is 0 Å². The molecule has 1 heterocycles. The van der Waals surface area contributed by atoms with Gasteiger partial charge in [0.05, 0.1) is 5.57 Å². The molecular weight excluding hydrogens is 310 g/mol. The molecule has 1 aromatic carbocycles. The van der Waals surface area contributed by atoms with E-state index in [9.17, 15) is 4.79 Å². The van der Waals surface area contributed by atoms with Crippen molar-refractivity contribution in [3.05, 3.63) is 71.5 Å². The SMILES string of the molecule is C=C(C=C(C)C)C(=C)C(=O)O.CCC.Cc1cc2cc[nH]c2cc1C. The van der Waals surface area contributed by atoms with Gasteiger partial charge in [0, 0.05) is 11.7 Å². The second-order valence-electron chi connectivity index (χ2n) is 6.24. The van der Waals surface area contributed by atoms with Crippen molar-refractivity contribution in [3.63, 3.8) is 0 Å². The zero-order valence-corrected chi connectivity index (χ0v) is 16.4. The third kappa shape index (κ3) is 8.20. The average Bonchev–Trinajstić information content (AvgIpc) is 2.94. The van der Waals surface area contributed by atoms with Crippen LogP contribution in [0, 0.1) is 13.8 Å². The molecule has 0 atom stereocenters. The first-order chi connectivity index (χ1) is 11.6. The summed E-state index contributed by atoms with van der Waals surface area (Å²) in [6, 6.07) is 6.49. The van der Waals surface area contributed by atoms with Gasteiger partial charge in [-0.15, -0.1) is 0 Å². The van der Waals surface area contributed by atoms with Crippen LogP contribution in [0.4, 0.5) is 0 Å². The zero-order chi connectivity index (χ0) is 19.6. The molecule has 0 aliphatic carbocycles. The standard InChI is InChI=1S/C10H11N.C9H12O2.C3H8/c1-7-5-9-3-4-11-10(9)6-8(7)2;1-6(2)5-7(3)8(4)9(10)11;1-3-2/h3-6,11H,1-2H3;5H,3-4H2,1-2H3,(H,10,11);3H2,1-2H3. The van der Waals surface area contributed by atoms with Crippen molar-refractivity contribution >= 4 is 16.9 Å². The smallest absolute Gasteiger partial charge is 0.335 e. The fourth-order valence-corrected chi connectivity index (χ4v) is 1.90. The van der Waals surface area contributed by atoms with Gasteiger partial charge in [0.1, 0.15) is 0 Å². The molecule has 2 N–H and O–H groups in total. The van der Waals surface area contributed by atoms with Gasteiger partial charge in [-0.05, 0) is 68.0 Å². The number of aliphatic carboxylic acids is 1. The van der Waals surface area contributed by atoms with Gasteiger partial charge in [-0.3, -0.25) is 0 Å². The third-order valence-corrected chi connectivity index (χ3v) is 3.28. The summed E-state index contributed by atoms with van der Waals surface area (Å²) in [4.78, 5) is 13.5. The highest BCUT2D eigenvalue weighted by Crippen LogP contribution is 2.17. The molecule has 3 heteroatoms. The summed E-state index contributed by atoms with van der Waals surface area (Å²) >= 11 is 0. The molecule has 3 nitrogen and oxygen atoms in total. The van der Waals surface area contributed by atoms with Crippen molar-refractivity contribution in [1.29, 1.82) is 0 Å². The normalized spacial score (nSPS) is 9.20. The summed E-state index contributed by atoms with van der Waals surface area (Å²) in [6.07, 6.45) is 4.92. The van der Waals surface area contributed by atoms with Crippen molar-refractivity contribution in [2.75, 3.05) is 0 Å². The molecule has 0 aliphatic rings. The van der Waals surface area contributed by atoms with E-state index in [0.717, 1.165) is 5.57 Å². The lowest BCUT2D eigenvalue weighted by Gasteiger charge is -1.98. The average molecular weight is 341 g/mol. The van der Waals surface area contributed by atoms with Gasteiger partial charge in [0.25, 0.3) is 0 Å². The number of aromatic amines is 1. The first-order valence-corrected chi connectivity index (χ1v) is 8.44. The Balaban J connectivity index is 0.000000399. The lowest BCUT2D eigenvalue weighted by atomic mass is 10.1. The van der Waals surface area contributed by atoms with E-state index in [1.165, 1.54) is 28.5 Å². The quantitative estimate of drug-likeness (QED) is 0.505. The highest BCUT2D eigenvalue weighted by molar-refractivity contribution is 5.91. The van der Waals surface area contributed by atoms with Gasteiger partial charge in [0.15, 0.2) is 0 Å². The van der Waals surface area contributed by atoms with Crippen LogP contribution >= 0.6 is 0 Å². The third-order valence-electron chi connectivity index (χ3n) is 3.28. The Morgan fingerprint density at radius 2 is 1.68 bits per heavy atom. The Morgan fingerprint density at radius 3 is 2.16 bits per heavy atom. The summed E-state index contributed by atoms with van der Waals surface area (Å²) in [7, 11) is 0. The van der Waals surface area contributed by atoms with Gasteiger partial charge in [0.2, 0.25) is 0 Å². The number of rotatable bonds is 3. The molecule has 1 aromatic heterocycles. The molecule has 0 fully saturated rings. The highest BCUT2D eigenvalue weighted by Gasteiger charge is 2.04. The van der Waals surface area contributed by atoms with Crippen molar-refractivity contribution < 1.29 is 9.90 Å².